The van der Waals surface area contributed by atoms with Gasteiger partial charge >= 0.3 is 0 Å². The van der Waals surface area contributed by atoms with Crippen LogP contribution >= 0.6 is 23.2 Å². The fourth-order valence-corrected chi connectivity index (χ4v) is 2.37. The molecule has 132 valence electrons. The van der Waals surface area contributed by atoms with Crippen molar-refractivity contribution in [3.05, 3.63) is 52.0 Å². The fourth-order valence-electron chi connectivity index (χ4n) is 2.02. The van der Waals surface area contributed by atoms with Crippen molar-refractivity contribution in [1.29, 1.82) is 0 Å². The first-order valence-corrected chi connectivity index (χ1v) is 7.95. The van der Waals surface area contributed by atoms with Crippen molar-refractivity contribution in [3.63, 3.8) is 0 Å². The first-order valence-electron chi connectivity index (χ1n) is 7.19. The molecule has 8 heteroatoms. The normalized spacial score (nSPS) is 10.1. The molecule has 0 aromatic heterocycles. The molecule has 2 aromatic rings. The number of amides is 2. The molecule has 0 aliphatic heterocycles. The van der Waals surface area contributed by atoms with E-state index in [0.717, 1.165) is 0 Å². The lowest BCUT2D eigenvalue weighted by molar-refractivity contribution is -0.115. The van der Waals surface area contributed by atoms with Crippen LogP contribution in [0.5, 0.6) is 11.5 Å². The van der Waals surface area contributed by atoms with Crippen LogP contribution in [0.3, 0.4) is 0 Å². The van der Waals surface area contributed by atoms with Gasteiger partial charge in [0.15, 0.2) is 0 Å². The van der Waals surface area contributed by atoms with E-state index in [1.54, 1.807) is 30.3 Å². The van der Waals surface area contributed by atoms with Crippen LogP contribution in [0.1, 0.15) is 10.4 Å². The second-order valence-electron chi connectivity index (χ2n) is 4.92. The Morgan fingerprint density at radius 3 is 2.24 bits per heavy atom. The number of nitrogens with one attached hydrogen (secondary N) is 2. The maximum Gasteiger partial charge on any atom is 0.251 e. The number of ether oxygens (including phenoxy) is 2. The Kier molecular flexibility index (Phi) is 6.50. The molecule has 0 radical (unpaired) electrons. The van der Waals surface area contributed by atoms with Gasteiger partial charge in [0, 0.05) is 22.7 Å². The average Bonchev–Trinajstić information content (AvgIpc) is 2.61. The number of benzene rings is 2. The summed E-state index contributed by atoms with van der Waals surface area (Å²) >= 11 is 11.8. The minimum absolute atomic E-state index is 0.213. The number of carbonyl (C=O) groups excluding carboxylic acids is 2. The van der Waals surface area contributed by atoms with Gasteiger partial charge in [-0.25, -0.2) is 0 Å². The van der Waals surface area contributed by atoms with Gasteiger partial charge < -0.3 is 20.1 Å². The molecule has 0 bridgehead atoms. The van der Waals surface area contributed by atoms with E-state index in [-0.39, 0.29) is 12.5 Å². The van der Waals surface area contributed by atoms with Crippen LogP contribution in [-0.4, -0.2) is 32.6 Å². The van der Waals surface area contributed by atoms with E-state index in [9.17, 15) is 9.59 Å². The number of carbonyl (C=O) groups is 2. The number of rotatable bonds is 6. The van der Waals surface area contributed by atoms with Gasteiger partial charge in [0.2, 0.25) is 5.91 Å². The largest absolute Gasteiger partial charge is 0.495 e. The van der Waals surface area contributed by atoms with Crippen LogP contribution in [0.15, 0.2) is 36.4 Å². The van der Waals surface area contributed by atoms with E-state index in [0.29, 0.717) is 32.8 Å². The average molecular weight is 383 g/mol. The summed E-state index contributed by atoms with van der Waals surface area (Å²) in [5.74, 6) is -0.0383. The van der Waals surface area contributed by atoms with Crippen LogP contribution in [0.4, 0.5) is 5.69 Å². The minimum Gasteiger partial charge on any atom is -0.495 e. The van der Waals surface area contributed by atoms with E-state index in [1.165, 1.54) is 20.3 Å². The van der Waals surface area contributed by atoms with Crippen molar-refractivity contribution in [3.8, 4) is 11.5 Å². The molecule has 0 spiro atoms. The molecule has 0 fully saturated rings. The van der Waals surface area contributed by atoms with Crippen LogP contribution < -0.4 is 20.1 Å². The van der Waals surface area contributed by atoms with Crippen molar-refractivity contribution in [1.82, 2.24) is 5.32 Å². The summed E-state index contributed by atoms with van der Waals surface area (Å²) in [5, 5.41) is 6.05. The minimum atomic E-state index is -0.426. The maximum atomic E-state index is 12.1. The molecule has 0 unspecified atom stereocenters. The summed E-state index contributed by atoms with van der Waals surface area (Å²) in [6, 6.07) is 9.41. The summed E-state index contributed by atoms with van der Waals surface area (Å²) in [6.07, 6.45) is 0. The van der Waals surface area contributed by atoms with Gasteiger partial charge in [-0.2, -0.15) is 0 Å². The van der Waals surface area contributed by atoms with E-state index in [1.807, 2.05) is 0 Å². The molecule has 0 atom stereocenters. The summed E-state index contributed by atoms with van der Waals surface area (Å²) in [5.41, 5.74) is 0.789. The van der Waals surface area contributed by atoms with Crippen LogP contribution in [0.2, 0.25) is 10.0 Å². The third kappa shape index (κ3) is 5.01. The highest BCUT2D eigenvalue weighted by Crippen LogP contribution is 2.35. The summed E-state index contributed by atoms with van der Waals surface area (Å²) < 4.78 is 10.3. The molecule has 25 heavy (non-hydrogen) atoms. The van der Waals surface area contributed by atoms with Gasteiger partial charge in [0.25, 0.3) is 5.91 Å². The molecule has 0 saturated heterocycles. The Hall–Kier alpha value is -2.44. The van der Waals surface area contributed by atoms with Gasteiger partial charge in [0.1, 0.15) is 11.5 Å². The third-order valence-corrected chi connectivity index (χ3v) is 3.81. The fraction of sp³-hybridized carbons (Fsp3) is 0.176. The number of hydrogen-bond acceptors (Lipinski definition) is 4. The number of methoxy groups -OCH3 is 2. The highest BCUT2D eigenvalue weighted by Gasteiger charge is 2.13. The SMILES string of the molecule is COc1cc(NC(=O)CNC(=O)c2ccc(Cl)cc2)c(OC)cc1Cl. The summed E-state index contributed by atoms with van der Waals surface area (Å²) in [4.78, 5) is 24.1. The van der Waals surface area contributed by atoms with Crippen LogP contribution in [0.25, 0.3) is 0 Å². The quantitative estimate of drug-likeness (QED) is 0.802. The third-order valence-electron chi connectivity index (χ3n) is 3.26. The zero-order chi connectivity index (χ0) is 18.4. The van der Waals surface area contributed by atoms with Crippen LogP contribution in [-0.2, 0) is 4.79 Å². The van der Waals surface area contributed by atoms with E-state index >= 15 is 0 Å². The molecule has 2 N–H and O–H groups in total. The predicted molar refractivity (Wildman–Crippen MR) is 97.0 cm³/mol. The monoisotopic (exact) mass is 382 g/mol. The van der Waals surface area contributed by atoms with Crippen molar-refractivity contribution in [2.75, 3.05) is 26.1 Å². The molecule has 0 saturated carbocycles. The molecule has 6 nitrogen and oxygen atoms in total. The molecule has 2 aromatic carbocycles. The standard InChI is InChI=1S/C17H16Cl2N2O4/c1-24-14-8-13(15(25-2)7-12(14)19)21-16(22)9-20-17(23)10-3-5-11(18)6-4-10/h3-8H,9H2,1-2H3,(H,20,23)(H,21,22). The molecular weight excluding hydrogens is 367 g/mol. The Labute approximate surface area is 155 Å². The van der Waals surface area contributed by atoms with Crippen molar-refractivity contribution in [2.24, 2.45) is 0 Å². The van der Waals surface area contributed by atoms with Gasteiger partial charge in [0.05, 0.1) is 31.5 Å². The zero-order valence-electron chi connectivity index (χ0n) is 13.6. The van der Waals surface area contributed by atoms with Crippen molar-refractivity contribution >= 4 is 40.7 Å². The van der Waals surface area contributed by atoms with E-state index in [4.69, 9.17) is 32.7 Å². The second-order valence-corrected chi connectivity index (χ2v) is 5.77. The van der Waals surface area contributed by atoms with Crippen molar-refractivity contribution in [2.45, 2.75) is 0 Å². The maximum absolute atomic E-state index is 12.1. The lowest BCUT2D eigenvalue weighted by Gasteiger charge is -2.13. The molecule has 0 aliphatic rings. The van der Waals surface area contributed by atoms with Gasteiger partial charge in [-0.15, -0.1) is 0 Å². The smallest absolute Gasteiger partial charge is 0.251 e. The van der Waals surface area contributed by atoms with Gasteiger partial charge in [-0.3, -0.25) is 9.59 Å². The second kappa shape index (κ2) is 8.60. The van der Waals surface area contributed by atoms with Crippen LogP contribution in [0, 0.1) is 0 Å². The number of hydrogen-bond donors (Lipinski definition) is 2. The number of halogens is 2. The lowest BCUT2D eigenvalue weighted by Crippen LogP contribution is -2.32. The highest BCUT2D eigenvalue weighted by atomic mass is 35.5. The first kappa shape index (κ1) is 18.9. The molecule has 0 heterocycles. The predicted octanol–water partition coefficient (Wildman–Crippen LogP) is 3.38. The first-order chi connectivity index (χ1) is 11.9. The Morgan fingerprint density at radius 2 is 1.64 bits per heavy atom. The highest BCUT2D eigenvalue weighted by molar-refractivity contribution is 6.32. The molecule has 2 rings (SSSR count). The van der Waals surface area contributed by atoms with Gasteiger partial charge in [-0.05, 0) is 24.3 Å². The molecular formula is C17H16Cl2N2O4. The summed E-state index contributed by atoms with van der Waals surface area (Å²) in [6.45, 7) is -0.213. The molecule has 0 aliphatic carbocycles. The Bertz CT molecular complexity index is 779. The zero-order valence-corrected chi connectivity index (χ0v) is 15.1. The van der Waals surface area contributed by atoms with E-state index in [2.05, 4.69) is 10.6 Å². The topological polar surface area (TPSA) is 76.7 Å². The van der Waals surface area contributed by atoms with Gasteiger partial charge in [-0.1, -0.05) is 23.2 Å². The Morgan fingerprint density at radius 1 is 1.00 bits per heavy atom. The lowest BCUT2D eigenvalue weighted by atomic mass is 10.2. The van der Waals surface area contributed by atoms with E-state index < -0.39 is 5.91 Å². The number of anilines is 1. The van der Waals surface area contributed by atoms with Crippen molar-refractivity contribution < 1.29 is 19.1 Å². The Balaban J connectivity index is 2.00. The molecule has 2 amide bonds. The summed E-state index contributed by atoms with van der Waals surface area (Å²) in [7, 11) is 2.92.